The Morgan fingerprint density at radius 1 is 1.20 bits per heavy atom. The number of para-hydroxylation sites is 2. The van der Waals surface area contributed by atoms with E-state index in [1.807, 2.05) is 24.3 Å². The number of rotatable bonds is 3. The van der Waals surface area contributed by atoms with Gasteiger partial charge in [0.15, 0.2) is 0 Å². The summed E-state index contributed by atoms with van der Waals surface area (Å²) in [5, 5.41) is 2.73. The molecule has 0 bridgehead atoms. The van der Waals surface area contributed by atoms with Crippen LogP contribution in [-0.4, -0.2) is 43.4 Å². The minimum Gasteiger partial charge on any atom is -0.467 e. The van der Waals surface area contributed by atoms with Gasteiger partial charge in [-0.15, -0.1) is 0 Å². The van der Waals surface area contributed by atoms with Crippen molar-refractivity contribution < 1.29 is 19.1 Å². The second-order valence-electron chi connectivity index (χ2n) is 7.25. The molecular formula is C18H27N3O4. The van der Waals surface area contributed by atoms with Crippen LogP contribution in [0, 0.1) is 0 Å². The van der Waals surface area contributed by atoms with Gasteiger partial charge in [0.05, 0.1) is 18.5 Å². The predicted octanol–water partition coefficient (Wildman–Crippen LogP) is 2.31. The van der Waals surface area contributed by atoms with Crippen molar-refractivity contribution in [1.82, 2.24) is 5.32 Å². The average molecular weight is 349 g/mol. The molecular weight excluding hydrogens is 322 g/mol. The number of carbonyl (C=O) groups is 2. The van der Waals surface area contributed by atoms with Crippen molar-refractivity contribution in [2.45, 2.75) is 44.8 Å². The van der Waals surface area contributed by atoms with Gasteiger partial charge in [0.1, 0.15) is 11.1 Å². The molecule has 1 saturated heterocycles. The zero-order valence-corrected chi connectivity index (χ0v) is 15.3. The van der Waals surface area contributed by atoms with Crippen LogP contribution in [0.5, 0.6) is 0 Å². The maximum Gasteiger partial charge on any atom is 0.408 e. The first-order chi connectivity index (χ1) is 11.7. The van der Waals surface area contributed by atoms with Gasteiger partial charge in [-0.1, -0.05) is 12.1 Å². The van der Waals surface area contributed by atoms with E-state index in [9.17, 15) is 9.59 Å². The number of methoxy groups -OCH3 is 1. The zero-order valence-electron chi connectivity index (χ0n) is 15.3. The van der Waals surface area contributed by atoms with Gasteiger partial charge in [0.25, 0.3) is 0 Å². The first kappa shape index (κ1) is 18.9. The van der Waals surface area contributed by atoms with Crippen molar-refractivity contribution in [2.75, 3.05) is 30.8 Å². The van der Waals surface area contributed by atoms with Crippen molar-refractivity contribution in [3.63, 3.8) is 0 Å². The molecule has 1 aliphatic rings. The van der Waals surface area contributed by atoms with Crippen LogP contribution in [0.4, 0.5) is 16.2 Å². The van der Waals surface area contributed by atoms with E-state index in [-0.39, 0.29) is 0 Å². The summed E-state index contributed by atoms with van der Waals surface area (Å²) in [5.41, 5.74) is 5.92. The van der Waals surface area contributed by atoms with Gasteiger partial charge in [-0.3, -0.25) is 0 Å². The van der Waals surface area contributed by atoms with Gasteiger partial charge in [0, 0.05) is 13.1 Å². The number of piperidine rings is 1. The molecule has 1 amide bonds. The van der Waals surface area contributed by atoms with Gasteiger partial charge in [-0.2, -0.15) is 0 Å². The van der Waals surface area contributed by atoms with E-state index >= 15 is 0 Å². The second-order valence-corrected chi connectivity index (χ2v) is 7.25. The summed E-state index contributed by atoms with van der Waals surface area (Å²) in [6, 6.07) is 7.59. The standard InChI is InChI=1S/C18H27N3O4/c1-17(2,3)25-16(23)20-18(15(22)24-4)9-11-21(12-10-18)14-8-6-5-7-13(14)19/h5-8H,9-12,19H2,1-4H3,(H,20,23). The number of anilines is 2. The fourth-order valence-electron chi connectivity index (χ4n) is 2.98. The molecule has 25 heavy (non-hydrogen) atoms. The zero-order chi connectivity index (χ0) is 18.7. The molecule has 1 aromatic carbocycles. The molecule has 0 aliphatic carbocycles. The third-order valence-corrected chi connectivity index (χ3v) is 4.21. The highest BCUT2D eigenvalue weighted by molar-refractivity contribution is 5.86. The van der Waals surface area contributed by atoms with Crippen molar-refractivity contribution in [2.24, 2.45) is 0 Å². The fraction of sp³-hybridized carbons (Fsp3) is 0.556. The van der Waals surface area contributed by atoms with Crippen LogP contribution in [0.3, 0.4) is 0 Å². The maximum atomic E-state index is 12.4. The number of esters is 1. The molecule has 0 unspecified atom stereocenters. The number of nitrogens with one attached hydrogen (secondary N) is 1. The SMILES string of the molecule is COC(=O)C1(NC(=O)OC(C)(C)C)CCN(c2ccccc2N)CC1. The van der Waals surface area contributed by atoms with E-state index < -0.39 is 23.2 Å². The number of ether oxygens (including phenoxy) is 2. The number of hydrogen-bond donors (Lipinski definition) is 2. The number of nitrogen functional groups attached to an aromatic ring is 1. The molecule has 2 rings (SSSR count). The molecule has 0 aromatic heterocycles. The number of nitrogens with zero attached hydrogens (tertiary/aromatic N) is 1. The summed E-state index contributed by atoms with van der Waals surface area (Å²) in [5.74, 6) is -0.459. The third-order valence-electron chi connectivity index (χ3n) is 4.21. The molecule has 0 saturated carbocycles. The molecule has 1 heterocycles. The van der Waals surface area contributed by atoms with Gasteiger partial charge in [-0.25, -0.2) is 9.59 Å². The van der Waals surface area contributed by atoms with Crippen LogP contribution >= 0.6 is 0 Å². The van der Waals surface area contributed by atoms with Crippen molar-refractivity contribution in [1.29, 1.82) is 0 Å². The van der Waals surface area contributed by atoms with E-state index in [0.717, 1.165) is 5.69 Å². The van der Waals surface area contributed by atoms with Crippen molar-refractivity contribution >= 4 is 23.4 Å². The van der Waals surface area contributed by atoms with E-state index in [1.54, 1.807) is 20.8 Å². The first-order valence-electron chi connectivity index (χ1n) is 8.36. The van der Waals surface area contributed by atoms with Gasteiger partial charge in [-0.05, 0) is 45.7 Å². The third kappa shape index (κ3) is 4.55. The van der Waals surface area contributed by atoms with Crippen LogP contribution in [0.25, 0.3) is 0 Å². The summed E-state index contributed by atoms with van der Waals surface area (Å²) in [6.07, 6.45) is 0.200. The lowest BCUT2D eigenvalue weighted by atomic mass is 9.87. The lowest BCUT2D eigenvalue weighted by Gasteiger charge is -2.41. The molecule has 1 fully saturated rings. The lowest BCUT2D eigenvalue weighted by molar-refractivity contribution is -0.149. The number of hydrogen-bond acceptors (Lipinski definition) is 6. The fourth-order valence-corrected chi connectivity index (χ4v) is 2.98. The van der Waals surface area contributed by atoms with E-state index in [1.165, 1.54) is 7.11 Å². The second kappa shape index (κ2) is 7.21. The van der Waals surface area contributed by atoms with Crippen molar-refractivity contribution in [3.8, 4) is 0 Å². The Hall–Kier alpha value is -2.44. The highest BCUT2D eigenvalue weighted by atomic mass is 16.6. The van der Waals surface area contributed by atoms with Crippen LogP contribution in [-0.2, 0) is 14.3 Å². The van der Waals surface area contributed by atoms with Crippen LogP contribution < -0.4 is 16.0 Å². The summed E-state index contributed by atoms with van der Waals surface area (Å²) >= 11 is 0. The molecule has 3 N–H and O–H groups in total. The molecule has 0 radical (unpaired) electrons. The lowest BCUT2D eigenvalue weighted by Crippen LogP contribution is -2.61. The molecule has 1 aliphatic heterocycles. The van der Waals surface area contributed by atoms with E-state index in [0.29, 0.717) is 31.6 Å². The summed E-state index contributed by atoms with van der Waals surface area (Å²) in [6.45, 7) is 6.47. The first-order valence-corrected chi connectivity index (χ1v) is 8.36. The Morgan fingerprint density at radius 2 is 1.80 bits per heavy atom. The maximum absolute atomic E-state index is 12.4. The van der Waals surface area contributed by atoms with Crippen molar-refractivity contribution in [3.05, 3.63) is 24.3 Å². The number of carbonyl (C=O) groups excluding carboxylic acids is 2. The van der Waals surface area contributed by atoms with Gasteiger partial charge < -0.3 is 25.4 Å². The Kier molecular flexibility index (Phi) is 5.45. The molecule has 7 nitrogen and oxygen atoms in total. The number of benzene rings is 1. The largest absolute Gasteiger partial charge is 0.467 e. The highest BCUT2D eigenvalue weighted by Crippen LogP contribution is 2.30. The molecule has 0 atom stereocenters. The summed E-state index contributed by atoms with van der Waals surface area (Å²) in [4.78, 5) is 26.7. The van der Waals surface area contributed by atoms with Crippen LogP contribution in [0.2, 0.25) is 0 Å². The average Bonchev–Trinajstić information content (AvgIpc) is 2.53. The monoisotopic (exact) mass is 349 g/mol. The quantitative estimate of drug-likeness (QED) is 0.642. The van der Waals surface area contributed by atoms with Gasteiger partial charge in [0.2, 0.25) is 0 Å². The van der Waals surface area contributed by atoms with Crippen LogP contribution in [0.15, 0.2) is 24.3 Å². The normalized spacial score (nSPS) is 16.9. The van der Waals surface area contributed by atoms with Gasteiger partial charge >= 0.3 is 12.1 Å². The Morgan fingerprint density at radius 3 is 2.32 bits per heavy atom. The number of alkyl carbamates (subject to hydrolysis) is 1. The van der Waals surface area contributed by atoms with E-state index in [2.05, 4.69) is 10.2 Å². The number of nitrogens with two attached hydrogens (primary N) is 1. The predicted molar refractivity (Wildman–Crippen MR) is 96.4 cm³/mol. The smallest absolute Gasteiger partial charge is 0.408 e. The molecule has 1 aromatic rings. The topological polar surface area (TPSA) is 93.9 Å². The molecule has 138 valence electrons. The Balaban J connectivity index is 2.12. The Bertz CT molecular complexity index is 631. The minimum absolute atomic E-state index is 0.410. The number of amides is 1. The summed E-state index contributed by atoms with van der Waals surface area (Å²) < 4.78 is 10.2. The highest BCUT2D eigenvalue weighted by Gasteiger charge is 2.45. The Labute approximate surface area is 148 Å². The minimum atomic E-state index is -1.09. The molecule has 7 heteroatoms. The molecule has 0 spiro atoms. The van der Waals surface area contributed by atoms with Crippen LogP contribution in [0.1, 0.15) is 33.6 Å². The van der Waals surface area contributed by atoms with E-state index in [4.69, 9.17) is 15.2 Å². The summed E-state index contributed by atoms with van der Waals surface area (Å²) in [7, 11) is 1.32.